The number of nitrogens with zero attached hydrogens (tertiary/aromatic N) is 2. The number of aryl methyl sites for hydroxylation is 1. The summed E-state index contributed by atoms with van der Waals surface area (Å²) in [7, 11) is 0. The molecule has 1 aliphatic rings. The monoisotopic (exact) mass is 357 g/mol. The number of rotatable bonds is 5. The maximum Gasteiger partial charge on any atom is 0.433 e. The third kappa shape index (κ3) is 5.70. The maximum absolute atomic E-state index is 12.6. The molecule has 1 saturated heterocycles. The summed E-state index contributed by atoms with van der Waals surface area (Å²) in [4.78, 5) is 18.0. The van der Waals surface area contributed by atoms with E-state index in [9.17, 15) is 18.0 Å². The van der Waals surface area contributed by atoms with Gasteiger partial charge >= 0.3 is 6.18 Å². The minimum Gasteiger partial charge on any atom is -0.352 e. The van der Waals surface area contributed by atoms with Crippen molar-refractivity contribution in [3.05, 3.63) is 29.1 Å². The van der Waals surface area contributed by atoms with E-state index in [-0.39, 0.29) is 17.2 Å². The average molecular weight is 357 g/mol. The number of pyridine rings is 1. The van der Waals surface area contributed by atoms with E-state index < -0.39 is 11.9 Å². The number of hydrogen-bond acceptors (Lipinski definition) is 3. The molecule has 0 bridgehead atoms. The van der Waals surface area contributed by atoms with Crippen molar-refractivity contribution in [1.29, 1.82) is 0 Å². The minimum absolute atomic E-state index is 0.0889. The zero-order valence-electron chi connectivity index (χ0n) is 15.0. The van der Waals surface area contributed by atoms with Crippen molar-refractivity contribution in [2.45, 2.75) is 39.8 Å². The molecule has 1 fully saturated rings. The smallest absolute Gasteiger partial charge is 0.352 e. The van der Waals surface area contributed by atoms with Crippen molar-refractivity contribution in [3.8, 4) is 0 Å². The second kappa shape index (κ2) is 8.17. The van der Waals surface area contributed by atoms with Crippen molar-refractivity contribution in [2.24, 2.45) is 11.8 Å². The van der Waals surface area contributed by atoms with Gasteiger partial charge < -0.3 is 10.2 Å². The summed E-state index contributed by atoms with van der Waals surface area (Å²) in [6.45, 7) is 9.51. The molecule has 0 radical (unpaired) electrons. The molecule has 2 unspecified atom stereocenters. The van der Waals surface area contributed by atoms with E-state index in [1.807, 2.05) is 0 Å². The Kier molecular flexibility index (Phi) is 6.43. The quantitative estimate of drug-likeness (QED) is 0.821. The van der Waals surface area contributed by atoms with Gasteiger partial charge in [0.05, 0.1) is 11.3 Å². The molecule has 0 spiro atoms. The average Bonchev–Trinajstić information content (AvgIpc) is 2.49. The summed E-state index contributed by atoms with van der Waals surface area (Å²) >= 11 is 0. The van der Waals surface area contributed by atoms with Crippen LogP contribution < -0.4 is 5.32 Å². The molecule has 25 heavy (non-hydrogen) atoms. The zero-order valence-corrected chi connectivity index (χ0v) is 15.0. The lowest BCUT2D eigenvalue weighted by Crippen LogP contribution is -2.40. The van der Waals surface area contributed by atoms with Crippen LogP contribution in [0.15, 0.2) is 12.1 Å². The van der Waals surface area contributed by atoms with Crippen LogP contribution in [0.25, 0.3) is 0 Å². The highest BCUT2D eigenvalue weighted by atomic mass is 19.4. The van der Waals surface area contributed by atoms with Gasteiger partial charge in [-0.25, -0.2) is 4.98 Å². The largest absolute Gasteiger partial charge is 0.433 e. The fraction of sp³-hybridized carbons (Fsp3) is 0.667. The second-order valence-electron chi connectivity index (χ2n) is 7.14. The molecule has 1 aromatic heterocycles. The van der Waals surface area contributed by atoms with Crippen molar-refractivity contribution < 1.29 is 18.0 Å². The predicted octanol–water partition coefficient (Wildman–Crippen LogP) is 3.51. The lowest BCUT2D eigenvalue weighted by Gasteiger charge is -2.34. The van der Waals surface area contributed by atoms with Gasteiger partial charge in [-0.1, -0.05) is 13.8 Å². The Hall–Kier alpha value is -1.63. The Morgan fingerprint density at radius 1 is 1.28 bits per heavy atom. The van der Waals surface area contributed by atoms with E-state index in [0.29, 0.717) is 18.4 Å². The molecule has 1 N–H and O–H groups in total. The first-order valence-corrected chi connectivity index (χ1v) is 8.72. The molecule has 2 rings (SSSR count). The number of piperidine rings is 1. The van der Waals surface area contributed by atoms with Crippen LogP contribution in [0, 0.1) is 18.8 Å². The van der Waals surface area contributed by atoms with E-state index in [1.165, 1.54) is 19.4 Å². The molecule has 1 aliphatic heterocycles. The van der Waals surface area contributed by atoms with Gasteiger partial charge in [0.1, 0.15) is 5.69 Å². The second-order valence-corrected chi connectivity index (χ2v) is 7.14. The molecular weight excluding hydrogens is 331 g/mol. The third-order valence-corrected chi connectivity index (χ3v) is 4.50. The van der Waals surface area contributed by atoms with Crippen molar-refractivity contribution in [1.82, 2.24) is 15.2 Å². The van der Waals surface area contributed by atoms with E-state index in [0.717, 1.165) is 32.1 Å². The topological polar surface area (TPSA) is 45.2 Å². The number of hydrogen-bond donors (Lipinski definition) is 1. The van der Waals surface area contributed by atoms with Gasteiger partial charge in [0.25, 0.3) is 5.91 Å². The summed E-state index contributed by atoms with van der Waals surface area (Å²) in [5, 5.41) is 2.77. The number of carbonyl (C=O) groups is 1. The molecule has 1 aromatic rings. The van der Waals surface area contributed by atoms with Crippen LogP contribution >= 0.6 is 0 Å². The molecule has 7 heteroatoms. The summed E-state index contributed by atoms with van der Waals surface area (Å²) in [5.41, 5.74) is -0.700. The first-order chi connectivity index (χ1) is 11.7. The summed E-state index contributed by atoms with van der Waals surface area (Å²) < 4.78 is 37.8. The van der Waals surface area contributed by atoms with E-state index in [2.05, 4.69) is 29.0 Å². The number of carbonyl (C=O) groups excluding carboxylic acids is 1. The van der Waals surface area contributed by atoms with Crippen LogP contribution in [0.3, 0.4) is 0 Å². The number of aromatic nitrogens is 1. The Balaban J connectivity index is 1.80. The fourth-order valence-corrected chi connectivity index (χ4v) is 3.53. The van der Waals surface area contributed by atoms with Crippen LogP contribution in [-0.4, -0.2) is 42.0 Å². The van der Waals surface area contributed by atoms with Crippen molar-refractivity contribution in [2.75, 3.05) is 26.2 Å². The van der Waals surface area contributed by atoms with Crippen LogP contribution in [0.1, 0.15) is 48.4 Å². The third-order valence-electron chi connectivity index (χ3n) is 4.50. The standard InChI is InChI=1S/C18H26F3N3O/c1-12-9-13(2)11-24(10-12)8-4-7-22-17(25)15-5-6-16(18(19,20)21)23-14(15)3/h5-6,12-13H,4,7-11H2,1-3H3,(H,22,25). The molecular formula is C18H26F3N3O. The number of amides is 1. The van der Waals surface area contributed by atoms with Gasteiger partial charge in [0, 0.05) is 19.6 Å². The van der Waals surface area contributed by atoms with E-state index in [1.54, 1.807) is 0 Å². The minimum atomic E-state index is -4.50. The summed E-state index contributed by atoms with van der Waals surface area (Å²) in [6.07, 6.45) is -2.42. The number of alkyl halides is 3. The number of nitrogens with one attached hydrogen (secondary N) is 1. The Morgan fingerprint density at radius 3 is 2.48 bits per heavy atom. The van der Waals surface area contributed by atoms with Crippen LogP contribution in [0.2, 0.25) is 0 Å². The molecule has 0 aliphatic carbocycles. The predicted molar refractivity (Wildman–Crippen MR) is 90.3 cm³/mol. The molecule has 0 aromatic carbocycles. The fourth-order valence-electron chi connectivity index (χ4n) is 3.53. The molecule has 2 atom stereocenters. The van der Waals surface area contributed by atoms with Crippen LogP contribution in [-0.2, 0) is 6.18 Å². The Bertz CT molecular complexity index is 594. The van der Waals surface area contributed by atoms with Gasteiger partial charge in [-0.3, -0.25) is 4.79 Å². The first-order valence-electron chi connectivity index (χ1n) is 8.72. The lowest BCUT2D eigenvalue weighted by molar-refractivity contribution is -0.141. The highest BCUT2D eigenvalue weighted by molar-refractivity contribution is 5.95. The molecule has 1 amide bonds. The highest BCUT2D eigenvalue weighted by Crippen LogP contribution is 2.28. The van der Waals surface area contributed by atoms with Gasteiger partial charge in [0.15, 0.2) is 0 Å². The summed E-state index contributed by atoms with van der Waals surface area (Å²) in [5.74, 6) is 1.01. The lowest BCUT2D eigenvalue weighted by atomic mass is 9.92. The van der Waals surface area contributed by atoms with E-state index >= 15 is 0 Å². The van der Waals surface area contributed by atoms with Crippen molar-refractivity contribution >= 4 is 5.91 Å². The molecule has 0 saturated carbocycles. The van der Waals surface area contributed by atoms with Gasteiger partial charge in [0.2, 0.25) is 0 Å². The molecule has 140 valence electrons. The van der Waals surface area contributed by atoms with Crippen LogP contribution in [0.4, 0.5) is 13.2 Å². The highest BCUT2D eigenvalue weighted by Gasteiger charge is 2.33. The Labute approximate surface area is 146 Å². The molecule has 2 heterocycles. The SMILES string of the molecule is Cc1nc(C(F)(F)F)ccc1C(=O)NCCCN1CC(C)CC(C)C1. The summed E-state index contributed by atoms with van der Waals surface area (Å²) in [6, 6.07) is 2.03. The van der Waals surface area contributed by atoms with Crippen LogP contribution in [0.5, 0.6) is 0 Å². The number of halogens is 3. The van der Waals surface area contributed by atoms with Crippen molar-refractivity contribution in [3.63, 3.8) is 0 Å². The zero-order chi connectivity index (χ0) is 18.6. The first kappa shape index (κ1) is 19.7. The maximum atomic E-state index is 12.6. The molecule has 4 nitrogen and oxygen atoms in total. The Morgan fingerprint density at radius 2 is 1.92 bits per heavy atom. The normalized spacial score (nSPS) is 22.0. The van der Waals surface area contributed by atoms with E-state index in [4.69, 9.17) is 0 Å². The van der Waals surface area contributed by atoms with Gasteiger partial charge in [-0.05, 0) is 50.3 Å². The van der Waals surface area contributed by atoms with Gasteiger partial charge in [-0.2, -0.15) is 13.2 Å². The van der Waals surface area contributed by atoms with Gasteiger partial charge in [-0.15, -0.1) is 0 Å². The number of likely N-dealkylation sites (tertiary alicyclic amines) is 1.